The number of imidazole rings is 1. The summed E-state index contributed by atoms with van der Waals surface area (Å²) in [5.41, 5.74) is 0.857. The Labute approximate surface area is 120 Å². The Morgan fingerprint density at radius 3 is 2.65 bits per heavy atom. The molecule has 5 heteroatoms. The van der Waals surface area contributed by atoms with Gasteiger partial charge in [-0.3, -0.25) is 0 Å². The number of hydrogen-bond acceptors (Lipinski definition) is 3. The van der Waals surface area contributed by atoms with Gasteiger partial charge in [0.25, 0.3) is 0 Å². The molecule has 1 N–H and O–H groups in total. The quantitative estimate of drug-likeness (QED) is 0.922. The van der Waals surface area contributed by atoms with E-state index >= 15 is 0 Å². The first kappa shape index (κ1) is 14.9. The van der Waals surface area contributed by atoms with Crippen LogP contribution >= 0.6 is 0 Å². The molecule has 0 aromatic carbocycles. The lowest BCUT2D eigenvalue weighted by molar-refractivity contribution is 0.0506. The number of alkyl carbamates (subject to hydrolysis) is 1. The van der Waals surface area contributed by atoms with Gasteiger partial charge in [-0.1, -0.05) is 13.8 Å². The molecular weight excluding hydrogens is 254 g/mol. The highest BCUT2D eigenvalue weighted by Gasteiger charge is 2.47. The third kappa shape index (κ3) is 3.32. The maximum Gasteiger partial charge on any atom is 0.408 e. The number of ether oxygens (including phenoxy) is 1. The maximum atomic E-state index is 11.8. The van der Waals surface area contributed by atoms with Crippen molar-refractivity contribution >= 4 is 6.09 Å². The van der Waals surface area contributed by atoms with Crippen LogP contribution in [0.1, 0.15) is 65.7 Å². The monoisotopic (exact) mass is 279 g/mol. The lowest BCUT2D eigenvalue weighted by atomic mass is 10.2. The lowest BCUT2D eigenvalue weighted by Crippen LogP contribution is -2.34. The van der Waals surface area contributed by atoms with E-state index in [9.17, 15) is 4.79 Å². The van der Waals surface area contributed by atoms with Gasteiger partial charge >= 0.3 is 6.09 Å². The molecule has 2 atom stereocenters. The average Bonchev–Trinajstić information content (AvgIpc) is 2.73. The van der Waals surface area contributed by atoms with Crippen molar-refractivity contribution in [3.05, 3.63) is 18.2 Å². The Bertz CT molecular complexity index is 499. The van der Waals surface area contributed by atoms with Crippen molar-refractivity contribution in [1.29, 1.82) is 0 Å². The first-order valence-electron chi connectivity index (χ1n) is 7.11. The van der Waals surface area contributed by atoms with Crippen molar-refractivity contribution in [2.75, 3.05) is 0 Å². The van der Waals surface area contributed by atoms with E-state index in [1.165, 1.54) is 0 Å². The van der Waals surface area contributed by atoms with Gasteiger partial charge in [0, 0.05) is 6.04 Å². The van der Waals surface area contributed by atoms with Crippen LogP contribution in [0.25, 0.3) is 0 Å². The summed E-state index contributed by atoms with van der Waals surface area (Å²) in [6.45, 7) is 12.0. The fourth-order valence-electron chi connectivity index (χ4n) is 2.38. The van der Waals surface area contributed by atoms with E-state index in [4.69, 9.17) is 4.74 Å². The Hall–Kier alpha value is -1.52. The summed E-state index contributed by atoms with van der Waals surface area (Å²) in [7, 11) is 0. The Kier molecular flexibility index (Phi) is 3.56. The zero-order valence-electron chi connectivity index (χ0n) is 13.2. The van der Waals surface area contributed by atoms with Crippen LogP contribution in [0.15, 0.2) is 12.5 Å². The van der Waals surface area contributed by atoms with E-state index in [1.807, 2.05) is 40.2 Å². The number of nitrogens with one attached hydrogen (secondary N) is 1. The van der Waals surface area contributed by atoms with Gasteiger partial charge in [0.2, 0.25) is 0 Å². The standard InChI is InChI=1S/C15H25N3O2/c1-10(17-13(19)20-14(2,3)4)11-8-16-9-18(11)12-7-15(12,5)6/h8-10,12H,7H2,1-6H3,(H,17,19)/t10-,12?/m1/s1. The van der Waals surface area contributed by atoms with E-state index < -0.39 is 11.7 Å². The number of hydrogen-bond donors (Lipinski definition) is 1. The van der Waals surface area contributed by atoms with Gasteiger partial charge in [-0.15, -0.1) is 0 Å². The van der Waals surface area contributed by atoms with Crippen LogP contribution in [0.2, 0.25) is 0 Å². The van der Waals surface area contributed by atoms with E-state index in [2.05, 4.69) is 28.7 Å². The minimum atomic E-state index is -0.484. The molecule has 0 bridgehead atoms. The van der Waals surface area contributed by atoms with Crippen molar-refractivity contribution in [2.45, 2.75) is 65.6 Å². The average molecular weight is 279 g/mol. The highest BCUT2D eigenvalue weighted by Crippen LogP contribution is 2.56. The van der Waals surface area contributed by atoms with Crippen LogP contribution in [0, 0.1) is 5.41 Å². The fourth-order valence-corrected chi connectivity index (χ4v) is 2.38. The summed E-state index contributed by atoms with van der Waals surface area (Å²) < 4.78 is 7.45. The fraction of sp³-hybridized carbons (Fsp3) is 0.733. The molecule has 0 radical (unpaired) electrons. The van der Waals surface area contributed by atoms with Crippen LogP contribution in [-0.4, -0.2) is 21.2 Å². The predicted octanol–water partition coefficient (Wildman–Crippen LogP) is 3.44. The number of carbonyl (C=O) groups is 1. The molecule has 1 aromatic rings. The van der Waals surface area contributed by atoms with E-state index in [0.29, 0.717) is 11.5 Å². The molecule has 1 aliphatic rings. The largest absolute Gasteiger partial charge is 0.444 e. The molecule has 1 amide bonds. The molecule has 112 valence electrons. The molecular formula is C15H25N3O2. The molecule has 20 heavy (non-hydrogen) atoms. The van der Waals surface area contributed by atoms with E-state index in [1.54, 1.807) is 0 Å². The van der Waals surface area contributed by atoms with Crippen LogP contribution in [0.3, 0.4) is 0 Å². The molecule has 0 aliphatic heterocycles. The highest BCUT2D eigenvalue weighted by molar-refractivity contribution is 5.68. The minimum absolute atomic E-state index is 0.122. The van der Waals surface area contributed by atoms with Gasteiger partial charge in [0.15, 0.2) is 0 Å². The number of amides is 1. The third-order valence-electron chi connectivity index (χ3n) is 3.67. The van der Waals surface area contributed by atoms with Gasteiger partial charge in [0.1, 0.15) is 5.60 Å². The summed E-state index contributed by atoms with van der Waals surface area (Å²) in [4.78, 5) is 16.0. The van der Waals surface area contributed by atoms with Crippen LogP contribution < -0.4 is 5.32 Å². The van der Waals surface area contributed by atoms with Gasteiger partial charge in [-0.2, -0.15) is 0 Å². The summed E-state index contributed by atoms with van der Waals surface area (Å²) in [6.07, 6.45) is 4.42. The summed E-state index contributed by atoms with van der Waals surface area (Å²) in [6, 6.07) is 0.353. The molecule has 5 nitrogen and oxygen atoms in total. The van der Waals surface area contributed by atoms with Crippen LogP contribution in [0.4, 0.5) is 4.79 Å². The summed E-state index contributed by atoms with van der Waals surface area (Å²) >= 11 is 0. The maximum absolute atomic E-state index is 11.8. The molecule has 1 aromatic heterocycles. The van der Waals surface area contributed by atoms with Crippen molar-refractivity contribution in [1.82, 2.24) is 14.9 Å². The normalized spacial score (nSPS) is 22.2. The van der Waals surface area contributed by atoms with Gasteiger partial charge in [-0.25, -0.2) is 9.78 Å². The second-order valence-electron chi connectivity index (χ2n) is 7.30. The van der Waals surface area contributed by atoms with Gasteiger partial charge in [0.05, 0.1) is 24.3 Å². The van der Waals surface area contributed by atoms with E-state index in [0.717, 1.165) is 12.1 Å². The number of nitrogens with zero attached hydrogens (tertiary/aromatic N) is 2. The second-order valence-corrected chi connectivity index (χ2v) is 7.30. The number of aromatic nitrogens is 2. The first-order chi connectivity index (χ1) is 9.10. The lowest BCUT2D eigenvalue weighted by Gasteiger charge is -2.22. The van der Waals surface area contributed by atoms with Gasteiger partial charge in [-0.05, 0) is 39.5 Å². The van der Waals surface area contributed by atoms with Crippen molar-refractivity contribution < 1.29 is 9.53 Å². The Morgan fingerprint density at radius 1 is 1.55 bits per heavy atom. The second kappa shape index (κ2) is 4.79. The SMILES string of the molecule is C[C@@H](NC(=O)OC(C)(C)C)c1cncn1C1CC1(C)C. The third-order valence-corrected chi connectivity index (χ3v) is 3.67. The molecule has 1 heterocycles. The smallest absolute Gasteiger partial charge is 0.408 e. The molecule has 0 spiro atoms. The zero-order valence-corrected chi connectivity index (χ0v) is 13.2. The van der Waals surface area contributed by atoms with Crippen molar-refractivity contribution in [3.8, 4) is 0 Å². The molecule has 2 rings (SSSR count). The molecule has 1 aliphatic carbocycles. The number of rotatable bonds is 3. The molecule has 1 fully saturated rings. The highest BCUT2D eigenvalue weighted by atomic mass is 16.6. The molecule has 1 saturated carbocycles. The van der Waals surface area contributed by atoms with E-state index in [-0.39, 0.29) is 6.04 Å². The van der Waals surface area contributed by atoms with Gasteiger partial charge < -0.3 is 14.6 Å². The van der Waals surface area contributed by atoms with Crippen LogP contribution in [-0.2, 0) is 4.74 Å². The minimum Gasteiger partial charge on any atom is -0.444 e. The van der Waals surface area contributed by atoms with Crippen molar-refractivity contribution in [3.63, 3.8) is 0 Å². The summed E-state index contributed by atoms with van der Waals surface area (Å²) in [5, 5.41) is 2.87. The number of carbonyl (C=O) groups excluding carboxylic acids is 1. The Balaban J connectivity index is 2.02. The summed E-state index contributed by atoms with van der Waals surface area (Å²) in [5.74, 6) is 0. The van der Waals surface area contributed by atoms with Crippen molar-refractivity contribution in [2.24, 2.45) is 5.41 Å². The van der Waals surface area contributed by atoms with Crippen LogP contribution in [0.5, 0.6) is 0 Å². The zero-order chi connectivity index (χ0) is 15.1. The topological polar surface area (TPSA) is 56.1 Å². The first-order valence-corrected chi connectivity index (χ1v) is 7.11. The Morgan fingerprint density at radius 2 is 2.15 bits per heavy atom. The molecule has 1 unspecified atom stereocenters. The predicted molar refractivity (Wildman–Crippen MR) is 77.4 cm³/mol. The molecule has 0 saturated heterocycles.